The molecule has 0 spiro atoms. The van der Waals surface area contributed by atoms with Gasteiger partial charge in [0.1, 0.15) is 5.82 Å². The molecule has 1 amide bonds. The molecule has 2 N–H and O–H groups in total. The number of pyridine rings is 1. The molecule has 9 heteroatoms. The van der Waals surface area contributed by atoms with Gasteiger partial charge in [0.05, 0.1) is 17.7 Å². The number of amides is 1. The number of aromatic amines is 1. The molecule has 2 aromatic rings. The normalized spacial score (nSPS) is 17.7. The Bertz CT molecular complexity index is 700. The van der Waals surface area contributed by atoms with E-state index in [9.17, 15) is 18.0 Å². The summed E-state index contributed by atoms with van der Waals surface area (Å²) in [6, 6.07) is 2.36. The lowest BCUT2D eigenvalue weighted by molar-refractivity contribution is -0.137. The number of carbonyl (C=O) groups excluding carboxylic acids is 1. The van der Waals surface area contributed by atoms with Gasteiger partial charge in [0, 0.05) is 32.0 Å². The first-order valence-corrected chi connectivity index (χ1v) is 7.97. The minimum atomic E-state index is -4.39. The van der Waals surface area contributed by atoms with Crippen LogP contribution < -0.4 is 10.2 Å². The fourth-order valence-electron chi connectivity index (χ4n) is 2.81. The molecule has 0 unspecified atom stereocenters. The van der Waals surface area contributed by atoms with E-state index in [0.29, 0.717) is 38.3 Å². The largest absolute Gasteiger partial charge is 0.417 e. The molecule has 0 aliphatic carbocycles. The van der Waals surface area contributed by atoms with Crippen molar-refractivity contribution in [2.24, 2.45) is 5.92 Å². The molecule has 1 fully saturated rings. The maximum atomic E-state index is 12.6. The molecule has 0 radical (unpaired) electrons. The van der Waals surface area contributed by atoms with E-state index in [-0.39, 0.29) is 11.8 Å². The third-order valence-corrected chi connectivity index (χ3v) is 4.23. The van der Waals surface area contributed by atoms with Gasteiger partial charge in [-0.2, -0.15) is 18.3 Å². The molecule has 0 aromatic carbocycles. The first-order chi connectivity index (χ1) is 11.9. The Labute approximate surface area is 142 Å². The zero-order valence-electron chi connectivity index (χ0n) is 13.4. The molecule has 0 bridgehead atoms. The Morgan fingerprint density at radius 2 is 2.20 bits per heavy atom. The monoisotopic (exact) mass is 353 g/mol. The third kappa shape index (κ3) is 4.28. The molecule has 1 aliphatic heterocycles. The number of hydrogen-bond acceptors (Lipinski definition) is 4. The fraction of sp³-hybridized carbons (Fsp3) is 0.438. The molecule has 1 atom stereocenters. The molecule has 6 nitrogen and oxygen atoms in total. The first kappa shape index (κ1) is 17.2. The number of rotatable bonds is 5. The zero-order chi connectivity index (χ0) is 17.9. The number of alkyl halides is 3. The summed E-state index contributed by atoms with van der Waals surface area (Å²) in [5.41, 5.74) is 0.242. The van der Waals surface area contributed by atoms with E-state index in [0.717, 1.165) is 17.8 Å². The lowest BCUT2D eigenvalue weighted by Gasteiger charge is -2.18. The van der Waals surface area contributed by atoms with Crippen LogP contribution in [-0.2, 0) is 17.4 Å². The number of anilines is 1. The number of nitrogens with zero attached hydrogens (tertiary/aromatic N) is 3. The summed E-state index contributed by atoms with van der Waals surface area (Å²) in [5.74, 6) is 0.230. The van der Waals surface area contributed by atoms with Gasteiger partial charge >= 0.3 is 6.18 Å². The van der Waals surface area contributed by atoms with Gasteiger partial charge in [0.15, 0.2) is 0 Å². The second-order valence-corrected chi connectivity index (χ2v) is 5.98. The Morgan fingerprint density at radius 1 is 1.36 bits per heavy atom. The van der Waals surface area contributed by atoms with Crippen LogP contribution in [0, 0.1) is 5.92 Å². The number of halogens is 3. The van der Waals surface area contributed by atoms with Gasteiger partial charge < -0.3 is 10.2 Å². The topological polar surface area (TPSA) is 73.9 Å². The predicted molar refractivity (Wildman–Crippen MR) is 84.9 cm³/mol. The van der Waals surface area contributed by atoms with Gasteiger partial charge in [-0.3, -0.25) is 9.89 Å². The van der Waals surface area contributed by atoms with Crippen molar-refractivity contribution in [1.29, 1.82) is 0 Å². The van der Waals surface area contributed by atoms with Crippen LogP contribution in [0.4, 0.5) is 19.0 Å². The van der Waals surface area contributed by atoms with Gasteiger partial charge in [-0.15, -0.1) is 0 Å². The highest BCUT2D eigenvalue weighted by Crippen LogP contribution is 2.30. The van der Waals surface area contributed by atoms with Crippen molar-refractivity contribution in [2.45, 2.75) is 19.0 Å². The zero-order valence-corrected chi connectivity index (χ0v) is 13.4. The molecule has 3 heterocycles. The van der Waals surface area contributed by atoms with Crippen LogP contribution in [0.3, 0.4) is 0 Å². The summed E-state index contributed by atoms with van der Waals surface area (Å²) in [4.78, 5) is 17.9. The predicted octanol–water partition coefficient (Wildman–Crippen LogP) is 2.01. The van der Waals surface area contributed by atoms with Crippen LogP contribution in [0.2, 0.25) is 0 Å². The highest BCUT2D eigenvalue weighted by molar-refractivity contribution is 5.80. The summed E-state index contributed by atoms with van der Waals surface area (Å²) < 4.78 is 37.7. The maximum Gasteiger partial charge on any atom is 0.417 e. The van der Waals surface area contributed by atoms with E-state index >= 15 is 0 Å². The second-order valence-electron chi connectivity index (χ2n) is 5.98. The molecule has 3 rings (SSSR count). The Kier molecular flexibility index (Phi) is 4.91. The van der Waals surface area contributed by atoms with Crippen molar-refractivity contribution in [3.8, 4) is 0 Å². The summed E-state index contributed by atoms with van der Waals surface area (Å²) in [7, 11) is 0. The highest BCUT2D eigenvalue weighted by atomic mass is 19.4. The molecule has 2 aromatic heterocycles. The third-order valence-electron chi connectivity index (χ3n) is 4.23. The summed E-state index contributed by atoms with van der Waals surface area (Å²) in [6.45, 7) is 1.57. The van der Waals surface area contributed by atoms with Gasteiger partial charge in [-0.25, -0.2) is 4.98 Å². The van der Waals surface area contributed by atoms with E-state index in [4.69, 9.17) is 0 Å². The lowest BCUT2D eigenvalue weighted by Crippen LogP contribution is -2.34. The van der Waals surface area contributed by atoms with E-state index < -0.39 is 11.7 Å². The van der Waals surface area contributed by atoms with Gasteiger partial charge in [0.25, 0.3) is 0 Å². The number of H-pyrrole nitrogens is 1. The van der Waals surface area contributed by atoms with E-state index in [1.165, 1.54) is 6.07 Å². The summed E-state index contributed by atoms with van der Waals surface area (Å²) >= 11 is 0. The van der Waals surface area contributed by atoms with Crippen molar-refractivity contribution in [3.05, 3.63) is 41.9 Å². The Balaban J connectivity index is 1.50. The van der Waals surface area contributed by atoms with Crippen LogP contribution in [0.15, 0.2) is 30.7 Å². The average Bonchev–Trinajstić information content (AvgIpc) is 3.26. The SMILES string of the molecule is O=C(NCCc1cn[nH]c1)[C@@H]1CCN(c2ccc(C(F)(F)F)cn2)C1. The number of hydrogen-bond donors (Lipinski definition) is 2. The van der Waals surface area contributed by atoms with Crippen molar-refractivity contribution in [2.75, 3.05) is 24.5 Å². The average molecular weight is 353 g/mol. The standard InChI is InChI=1S/C16H18F3N5O/c17-16(18,19)13-1-2-14(21-9-13)24-6-4-12(10-24)15(25)20-5-3-11-7-22-23-8-11/h1-2,7-9,12H,3-6,10H2,(H,20,25)(H,22,23)/t12-/m1/s1. The van der Waals surface area contributed by atoms with Gasteiger partial charge in [-0.1, -0.05) is 0 Å². The lowest BCUT2D eigenvalue weighted by atomic mass is 10.1. The van der Waals surface area contributed by atoms with Gasteiger partial charge in [0.2, 0.25) is 5.91 Å². The number of aromatic nitrogens is 3. The van der Waals surface area contributed by atoms with Crippen molar-refractivity contribution in [3.63, 3.8) is 0 Å². The molecule has 25 heavy (non-hydrogen) atoms. The summed E-state index contributed by atoms with van der Waals surface area (Å²) in [5, 5.41) is 9.44. The van der Waals surface area contributed by atoms with Crippen molar-refractivity contribution < 1.29 is 18.0 Å². The first-order valence-electron chi connectivity index (χ1n) is 7.97. The quantitative estimate of drug-likeness (QED) is 0.862. The maximum absolute atomic E-state index is 12.6. The fourth-order valence-corrected chi connectivity index (χ4v) is 2.81. The van der Waals surface area contributed by atoms with Crippen LogP contribution in [0.25, 0.3) is 0 Å². The van der Waals surface area contributed by atoms with Crippen LogP contribution >= 0.6 is 0 Å². The van der Waals surface area contributed by atoms with Crippen LogP contribution in [-0.4, -0.2) is 40.7 Å². The number of carbonyl (C=O) groups is 1. The Morgan fingerprint density at radius 3 is 2.84 bits per heavy atom. The second kappa shape index (κ2) is 7.12. The molecule has 134 valence electrons. The molecule has 0 saturated carbocycles. The van der Waals surface area contributed by atoms with E-state index in [2.05, 4.69) is 20.5 Å². The van der Waals surface area contributed by atoms with Crippen LogP contribution in [0.1, 0.15) is 17.5 Å². The van der Waals surface area contributed by atoms with Crippen molar-refractivity contribution in [1.82, 2.24) is 20.5 Å². The van der Waals surface area contributed by atoms with E-state index in [1.807, 2.05) is 4.90 Å². The molecular formula is C16H18F3N5O. The molecular weight excluding hydrogens is 335 g/mol. The minimum Gasteiger partial charge on any atom is -0.356 e. The van der Waals surface area contributed by atoms with Crippen LogP contribution in [0.5, 0.6) is 0 Å². The number of nitrogens with one attached hydrogen (secondary N) is 2. The van der Waals surface area contributed by atoms with Gasteiger partial charge in [-0.05, 0) is 30.5 Å². The highest BCUT2D eigenvalue weighted by Gasteiger charge is 2.32. The van der Waals surface area contributed by atoms with E-state index in [1.54, 1.807) is 12.4 Å². The Hall–Kier alpha value is -2.58. The smallest absolute Gasteiger partial charge is 0.356 e. The molecule has 1 saturated heterocycles. The minimum absolute atomic E-state index is 0.0436. The molecule has 1 aliphatic rings. The van der Waals surface area contributed by atoms with Crippen molar-refractivity contribution >= 4 is 11.7 Å². The summed E-state index contributed by atoms with van der Waals surface area (Å²) in [6.07, 6.45) is 1.26.